The molecule has 0 radical (unpaired) electrons. The van der Waals surface area contributed by atoms with Crippen molar-refractivity contribution in [2.24, 2.45) is 5.92 Å². The summed E-state index contributed by atoms with van der Waals surface area (Å²) in [4.78, 5) is 26.0. The van der Waals surface area contributed by atoms with Gasteiger partial charge < -0.3 is 33.6 Å². The molecule has 3 N–H and O–H groups in total. The molecule has 5 atom stereocenters. The lowest BCUT2D eigenvalue weighted by atomic mass is 10.1. The van der Waals surface area contributed by atoms with Gasteiger partial charge in [0.25, 0.3) is 0 Å². The van der Waals surface area contributed by atoms with Crippen molar-refractivity contribution in [3.8, 4) is 11.6 Å². The molecule has 5 unspecified atom stereocenters. The Morgan fingerprint density at radius 2 is 1.62 bits per heavy atom. The highest BCUT2D eigenvalue weighted by molar-refractivity contribution is 7.45. The van der Waals surface area contributed by atoms with Crippen LogP contribution in [0.4, 0.5) is 10.3 Å². The number of anilines is 1. The first kappa shape index (κ1) is 42.0. The van der Waals surface area contributed by atoms with Crippen LogP contribution in [0.1, 0.15) is 60.1 Å². The summed E-state index contributed by atoms with van der Waals surface area (Å²) in [5.41, 5.74) is 7.41. The van der Waals surface area contributed by atoms with Crippen molar-refractivity contribution in [3.63, 3.8) is 0 Å². The summed E-state index contributed by atoms with van der Waals surface area (Å²) in [5, 5.41) is 5.05. The number of fused-ring (bicyclic) bond motifs is 2. The summed E-state index contributed by atoms with van der Waals surface area (Å²) in [6.07, 6.45) is -1.16. The number of nitrogens with zero attached hydrogens (tertiary/aromatic N) is 4. The van der Waals surface area contributed by atoms with Crippen LogP contribution in [0.2, 0.25) is 0 Å². The minimum atomic E-state index is -2.02. The van der Waals surface area contributed by atoms with Gasteiger partial charge in [0.05, 0.1) is 26.1 Å². The van der Waals surface area contributed by atoms with Crippen molar-refractivity contribution in [1.82, 2.24) is 24.6 Å². The van der Waals surface area contributed by atoms with Crippen molar-refractivity contribution in [2.45, 2.75) is 79.4 Å². The van der Waals surface area contributed by atoms with Gasteiger partial charge in [0.15, 0.2) is 11.2 Å². The number of nitrogens with two attached hydrogens (primary N) is 1. The lowest BCUT2D eigenvalue weighted by Gasteiger charge is -2.29. The molecule has 0 aliphatic rings. The second kappa shape index (κ2) is 21.2. The number of hydrogen-bond donors (Lipinski definition) is 2. The van der Waals surface area contributed by atoms with Crippen LogP contribution >= 0.6 is 8.53 Å². The molecule has 0 aliphatic heterocycles. The van der Waals surface area contributed by atoms with E-state index in [9.17, 15) is 4.79 Å². The molecule has 0 amide bonds. The molecule has 52 heavy (non-hydrogen) atoms. The van der Waals surface area contributed by atoms with Gasteiger partial charge in [-0.3, -0.25) is 4.79 Å². The Morgan fingerprint density at radius 3 is 2.29 bits per heavy atom. The van der Waals surface area contributed by atoms with Crippen molar-refractivity contribution in [2.75, 3.05) is 26.6 Å². The van der Waals surface area contributed by atoms with Gasteiger partial charge in [0.1, 0.15) is 30.7 Å². The van der Waals surface area contributed by atoms with Crippen LogP contribution in [-0.4, -0.2) is 64.6 Å². The van der Waals surface area contributed by atoms with E-state index in [1.807, 2.05) is 114 Å². The number of ether oxygens (including phenoxy) is 3. The van der Waals surface area contributed by atoms with E-state index < -0.39 is 38.9 Å². The number of nitrogens with one attached hydrogen (secondary N) is 1. The van der Waals surface area contributed by atoms with Crippen LogP contribution in [0.15, 0.2) is 79.1 Å². The van der Waals surface area contributed by atoms with Gasteiger partial charge in [-0.05, 0) is 29.9 Å². The highest BCUT2D eigenvalue weighted by Crippen LogP contribution is 2.41. The van der Waals surface area contributed by atoms with Crippen LogP contribution < -0.4 is 20.1 Å². The second-order valence-corrected chi connectivity index (χ2v) is 12.7. The number of aromatic nitrogens is 4. The summed E-state index contributed by atoms with van der Waals surface area (Å²) in [7, 11) is 0.832. The molecule has 282 valence electrons. The first-order chi connectivity index (χ1) is 25.2. The molecule has 0 saturated heterocycles. The Kier molecular flexibility index (Phi) is 17.1. The fourth-order valence-electron chi connectivity index (χ4n) is 5.10. The molecule has 12 nitrogen and oxygen atoms in total. The number of benzene rings is 3. The van der Waals surface area contributed by atoms with Gasteiger partial charge >= 0.3 is 14.5 Å². The maximum atomic E-state index is 16.2. The van der Waals surface area contributed by atoms with Gasteiger partial charge in [-0.2, -0.15) is 9.97 Å². The number of rotatable bonds is 16. The SMILES string of the molecule is CC.CC.COc1nc(N)nc2c1ncn2C(C)C(F)C(COP(NC(C(=O)OCc1ccccc1)C(C)C)Oc1cccc2ccccc12)OC. The predicted molar refractivity (Wildman–Crippen MR) is 205 cm³/mol. The average molecular weight is 739 g/mol. The molecular formula is C38H52FN6O6P. The highest BCUT2D eigenvalue weighted by atomic mass is 31.2. The average Bonchev–Trinajstić information content (AvgIpc) is 3.61. The van der Waals surface area contributed by atoms with Crippen molar-refractivity contribution in [3.05, 3.63) is 84.7 Å². The highest BCUT2D eigenvalue weighted by Gasteiger charge is 2.34. The molecule has 0 bridgehead atoms. The third-order valence-electron chi connectivity index (χ3n) is 7.83. The summed E-state index contributed by atoms with van der Waals surface area (Å²) >= 11 is 0. The van der Waals surface area contributed by atoms with E-state index in [4.69, 9.17) is 29.0 Å². The minimum Gasteiger partial charge on any atom is -0.479 e. The van der Waals surface area contributed by atoms with Gasteiger partial charge in [-0.25, -0.2) is 14.5 Å². The number of carbonyl (C=O) groups excluding carboxylic acids is 1. The molecule has 3 aromatic carbocycles. The van der Waals surface area contributed by atoms with E-state index in [1.54, 1.807) is 11.5 Å². The normalized spacial score (nSPS) is 13.9. The van der Waals surface area contributed by atoms with E-state index in [0.29, 0.717) is 16.9 Å². The first-order valence-electron chi connectivity index (χ1n) is 17.5. The number of hydrogen-bond acceptors (Lipinski definition) is 11. The van der Waals surface area contributed by atoms with Crippen LogP contribution in [0.5, 0.6) is 11.6 Å². The lowest BCUT2D eigenvalue weighted by Crippen LogP contribution is -2.41. The molecule has 0 fully saturated rings. The topological polar surface area (TPSA) is 145 Å². The van der Waals surface area contributed by atoms with E-state index >= 15 is 4.39 Å². The van der Waals surface area contributed by atoms with Gasteiger partial charge in [0.2, 0.25) is 11.8 Å². The molecule has 5 rings (SSSR count). The van der Waals surface area contributed by atoms with Gasteiger partial charge in [-0.15, -0.1) is 0 Å². The van der Waals surface area contributed by atoms with E-state index in [0.717, 1.165) is 16.3 Å². The summed E-state index contributed by atoms with van der Waals surface area (Å²) < 4.78 is 47.0. The number of esters is 1. The number of nitrogen functional groups attached to an aromatic ring is 1. The molecule has 14 heteroatoms. The van der Waals surface area contributed by atoms with Crippen molar-refractivity contribution >= 4 is 42.4 Å². The van der Waals surface area contributed by atoms with Crippen LogP contribution in [0.25, 0.3) is 21.9 Å². The number of methoxy groups -OCH3 is 2. The largest absolute Gasteiger partial charge is 0.479 e. The summed E-state index contributed by atoms with van der Waals surface area (Å²) in [6, 6.07) is 21.3. The minimum absolute atomic E-state index is 0.0281. The van der Waals surface area contributed by atoms with E-state index in [1.165, 1.54) is 20.5 Å². The molecule has 2 aromatic heterocycles. The standard InChI is InChI=1S/C34H40FN6O6P.2C2H6/c1-21(2)29(33(42)45-18-23-12-7-6-8-13-23)40-48(47-26-17-11-15-24-14-9-10-16-25(24)26)46-19-27(43-4)28(35)22(3)41-20-37-30-31(41)38-34(36)39-32(30)44-5;2*1-2/h6-17,20-22,27-29,40H,18-19H2,1-5H3,(H2,36,38,39);2*1-2H3. The monoisotopic (exact) mass is 738 g/mol. The maximum Gasteiger partial charge on any atom is 0.324 e. The zero-order chi connectivity index (χ0) is 38.2. The zero-order valence-corrected chi connectivity index (χ0v) is 32.3. The van der Waals surface area contributed by atoms with Crippen molar-refractivity contribution < 1.29 is 32.4 Å². The van der Waals surface area contributed by atoms with Crippen LogP contribution in [0, 0.1) is 5.92 Å². The molecular weight excluding hydrogens is 686 g/mol. The molecule has 2 heterocycles. The first-order valence-corrected chi connectivity index (χ1v) is 18.6. The molecule has 0 spiro atoms. The Morgan fingerprint density at radius 1 is 0.942 bits per heavy atom. The Labute approximate surface area is 307 Å². The van der Waals surface area contributed by atoms with E-state index in [2.05, 4.69) is 20.0 Å². The quantitative estimate of drug-likeness (QED) is 0.0746. The fraction of sp³-hybridized carbons (Fsp3) is 0.421. The van der Waals surface area contributed by atoms with Gasteiger partial charge in [-0.1, -0.05) is 108 Å². The lowest BCUT2D eigenvalue weighted by molar-refractivity contribution is -0.148. The van der Waals surface area contributed by atoms with Crippen LogP contribution in [0.3, 0.4) is 0 Å². The number of imidazole rings is 1. The number of alkyl halides is 1. The Bertz CT molecular complexity index is 1810. The second-order valence-electron chi connectivity index (χ2n) is 11.4. The van der Waals surface area contributed by atoms with Crippen LogP contribution in [-0.2, 0) is 25.4 Å². The number of carbonyl (C=O) groups is 1. The zero-order valence-electron chi connectivity index (χ0n) is 31.4. The van der Waals surface area contributed by atoms with Crippen molar-refractivity contribution in [1.29, 1.82) is 0 Å². The van der Waals surface area contributed by atoms with E-state index in [-0.39, 0.29) is 31.0 Å². The Balaban J connectivity index is 0.00000176. The molecule has 0 aliphatic carbocycles. The maximum absolute atomic E-state index is 16.2. The number of halogens is 1. The Hall–Kier alpha value is -4.42. The fourth-order valence-corrected chi connectivity index (χ4v) is 6.53. The third kappa shape index (κ3) is 10.8. The smallest absolute Gasteiger partial charge is 0.324 e. The molecule has 0 saturated carbocycles. The third-order valence-corrected chi connectivity index (χ3v) is 9.07. The summed E-state index contributed by atoms with van der Waals surface area (Å²) in [5.74, 6) is 0.0538. The summed E-state index contributed by atoms with van der Waals surface area (Å²) in [6.45, 7) is 13.4. The predicted octanol–water partition coefficient (Wildman–Crippen LogP) is 8.22. The molecule has 5 aromatic rings. The van der Waals surface area contributed by atoms with Gasteiger partial charge in [0, 0.05) is 12.5 Å².